The van der Waals surface area contributed by atoms with Crippen LogP contribution in [0.3, 0.4) is 0 Å². The van der Waals surface area contributed by atoms with Gasteiger partial charge in [-0.3, -0.25) is 15.1 Å². The third-order valence-corrected chi connectivity index (χ3v) is 14.5. The van der Waals surface area contributed by atoms with Gasteiger partial charge in [-0.15, -0.1) is 0 Å². The second-order valence-corrected chi connectivity index (χ2v) is 18.6. The van der Waals surface area contributed by atoms with Crippen molar-refractivity contribution in [1.82, 2.24) is 10.2 Å². The highest BCUT2D eigenvalue weighted by Crippen LogP contribution is 2.49. The Balaban J connectivity index is 1.06. The highest BCUT2D eigenvalue weighted by molar-refractivity contribution is 6.09. The van der Waals surface area contributed by atoms with E-state index in [1.807, 2.05) is 37.4 Å². The second kappa shape index (κ2) is 17.7. The van der Waals surface area contributed by atoms with Crippen molar-refractivity contribution in [2.45, 2.75) is 128 Å². The number of phenolic OH excluding ortho intramolecular Hbond substituents is 1. The molecule has 9 rings (SSSR count). The molecule has 5 aliphatic heterocycles. The number of hydrogen-bond donors (Lipinski definition) is 6. The molecule has 11 heteroatoms. The van der Waals surface area contributed by atoms with Crippen LogP contribution in [0.5, 0.6) is 17.2 Å². The van der Waals surface area contributed by atoms with E-state index in [2.05, 4.69) is 47.2 Å². The first-order chi connectivity index (χ1) is 30.0. The molecule has 0 radical (unpaired) electrons. The van der Waals surface area contributed by atoms with Gasteiger partial charge in [-0.25, -0.2) is 0 Å². The molecule has 62 heavy (non-hydrogen) atoms. The molecule has 1 saturated carbocycles. The molecule has 0 amide bonds. The number of hydrogen-bond acceptors (Lipinski definition) is 11. The number of carbonyl (C=O) groups is 1. The highest BCUT2D eigenvalue weighted by atomic mass is 16.5. The number of nitrogens with two attached hydrogens (primary N) is 1. The molecule has 0 saturated heterocycles. The molecule has 7 aliphatic rings. The van der Waals surface area contributed by atoms with Crippen LogP contribution in [-0.4, -0.2) is 68.3 Å². The van der Waals surface area contributed by atoms with Crippen molar-refractivity contribution in [2.24, 2.45) is 39.8 Å². The molecule has 0 aromatic heterocycles. The number of ether oxygens (including phenoxy) is 2. The second-order valence-electron chi connectivity index (χ2n) is 18.6. The lowest BCUT2D eigenvalue weighted by molar-refractivity contribution is -0.129. The van der Waals surface area contributed by atoms with Crippen molar-refractivity contribution < 1.29 is 34.7 Å². The quantitative estimate of drug-likeness (QED) is 0.0922. The lowest BCUT2D eigenvalue weighted by Crippen LogP contribution is -2.47. The molecule has 2 aliphatic carbocycles. The van der Waals surface area contributed by atoms with Crippen molar-refractivity contribution >= 4 is 11.5 Å². The Labute approximate surface area is 365 Å². The lowest BCUT2D eigenvalue weighted by atomic mass is 9.73. The van der Waals surface area contributed by atoms with Crippen molar-refractivity contribution in [2.75, 3.05) is 13.1 Å². The number of aromatic hydroxyl groups is 1. The molecule has 1 fully saturated rings. The monoisotopic (exact) mass is 840 g/mol. The van der Waals surface area contributed by atoms with Crippen molar-refractivity contribution in [3.63, 3.8) is 0 Å². The Morgan fingerprint density at radius 2 is 1.92 bits per heavy atom. The molecule has 5 heterocycles. The average molecular weight is 841 g/mol. The Morgan fingerprint density at radius 1 is 1.10 bits per heavy atom. The van der Waals surface area contributed by atoms with E-state index < -0.39 is 47.7 Å². The Hall–Kier alpha value is -4.88. The van der Waals surface area contributed by atoms with Crippen LogP contribution in [0, 0.1) is 53.0 Å². The molecule has 9 unspecified atom stereocenters. The lowest BCUT2D eigenvalue weighted by Gasteiger charge is -2.39. The number of carbonyl (C=O) groups excluding carboxylic acids is 1. The van der Waals surface area contributed by atoms with E-state index in [4.69, 9.17) is 20.2 Å². The summed E-state index contributed by atoms with van der Waals surface area (Å²) < 4.78 is 13.2. The van der Waals surface area contributed by atoms with Crippen LogP contribution in [0.4, 0.5) is 0 Å². The summed E-state index contributed by atoms with van der Waals surface area (Å²) in [6.45, 7) is 5.37. The number of aliphatic imine (C=N–C) groups is 1. The standard InChI is InChI=1S/C51H60N4O7/c1-3-4-5-8-36(48(60)37-11-9-30(2)23-45(37)59)43(57)15-10-31-25-47-46(26-44(31)58)61-22-20-51(18-6-7-19-51)40-14-16-42(56)34-12-13-35-33(17-21-53-49(35)52)38(34)24-32-27-54-41-29-55(28-39(32)41)50(40)62-47/h9,11-13,25-28,30,36-37,40,42,45,48-50,53,56,58-60H,3-8,10,15,17-19,21,23-24,29,52H2,1-2H3. The fraction of sp³-hybridized carbons (Fsp3) is 0.529. The van der Waals surface area contributed by atoms with Crippen LogP contribution in [-0.2, 0) is 24.1 Å². The summed E-state index contributed by atoms with van der Waals surface area (Å²) in [5.74, 6) is 9.39. The number of nitrogens with one attached hydrogen (secondary N) is 1. The first kappa shape index (κ1) is 42.4. The zero-order valence-corrected chi connectivity index (χ0v) is 35.9. The van der Waals surface area contributed by atoms with Gasteiger partial charge in [-0.1, -0.05) is 88.0 Å². The number of fused-ring (bicyclic) bond motifs is 8. The topological polar surface area (TPSA) is 170 Å². The van der Waals surface area contributed by atoms with Crippen LogP contribution in [0.1, 0.15) is 118 Å². The van der Waals surface area contributed by atoms with Gasteiger partial charge in [0.05, 0.1) is 42.0 Å². The maximum absolute atomic E-state index is 14.1. The predicted octanol–water partition coefficient (Wildman–Crippen LogP) is 6.19. The van der Waals surface area contributed by atoms with Crippen LogP contribution in [0.15, 0.2) is 65.0 Å². The van der Waals surface area contributed by atoms with E-state index in [1.165, 1.54) is 6.07 Å². The largest absolute Gasteiger partial charge is 0.508 e. The summed E-state index contributed by atoms with van der Waals surface area (Å²) in [5.41, 5.74) is 13.5. The maximum Gasteiger partial charge on any atom is 0.187 e. The smallest absolute Gasteiger partial charge is 0.187 e. The van der Waals surface area contributed by atoms with E-state index in [-0.39, 0.29) is 42.2 Å². The van der Waals surface area contributed by atoms with Gasteiger partial charge >= 0.3 is 0 Å². The minimum Gasteiger partial charge on any atom is -0.508 e. The molecule has 326 valence electrons. The average Bonchev–Trinajstić information content (AvgIpc) is 4.00. The summed E-state index contributed by atoms with van der Waals surface area (Å²) in [4.78, 5) is 21.1. The van der Waals surface area contributed by atoms with E-state index in [1.54, 1.807) is 6.07 Å². The number of nitrogens with zero attached hydrogens (tertiary/aromatic N) is 2. The van der Waals surface area contributed by atoms with E-state index in [0.717, 1.165) is 97.0 Å². The highest BCUT2D eigenvalue weighted by Gasteiger charge is 2.49. The minimum atomic E-state index is -1.07. The van der Waals surface area contributed by atoms with Crippen LogP contribution < -0.4 is 20.5 Å². The molecule has 11 nitrogen and oxygen atoms in total. The van der Waals surface area contributed by atoms with E-state index >= 15 is 0 Å². The first-order valence-electron chi connectivity index (χ1n) is 22.9. The molecular formula is C51H60N4O7. The third-order valence-electron chi connectivity index (χ3n) is 14.5. The van der Waals surface area contributed by atoms with Crippen LogP contribution >= 0.6 is 0 Å². The molecular weight excluding hydrogens is 781 g/mol. The van der Waals surface area contributed by atoms with Crippen molar-refractivity contribution in [1.29, 1.82) is 0 Å². The van der Waals surface area contributed by atoms with Gasteiger partial charge in [0.15, 0.2) is 17.7 Å². The van der Waals surface area contributed by atoms with Gasteiger partial charge < -0.3 is 40.5 Å². The number of aryl methyl sites for hydroxylation is 1. The summed E-state index contributed by atoms with van der Waals surface area (Å²) in [6.07, 6.45) is 16.1. The molecule has 2 aromatic carbocycles. The molecule has 2 aromatic rings. The van der Waals surface area contributed by atoms with Gasteiger partial charge in [0, 0.05) is 55.3 Å². The normalized spacial score (nSPS) is 28.6. The number of phenols is 1. The fourth-order valence-corrected chi connectivity index (χ4v) is 11.0. The predicted molar refractivity (Wildman–Crippen MR) is 237 cm³/mol. The Kier molecular flexibility index (Phi) is 12.1. The zero-order chi connectivity index (χ0) is 43.1. The van der Waals surface area contributed by atoms with Gasteiger partial charge in [0.2, 0.25) is 0 Å². The summed E-state index contributed by atoms with van der Waals surface area (Å²) in [5, 5.41) is 49.3. The number of benzene rings is 2. The molecule has 9 atom stereocenters. The number of Topliss-reactive ketones (excluding diaryl/α,β-unsaturated/α-hetero) is 1. The third kappa shape index (κ3) is 8.11. The number of rotatable bonds is 10. The summed E-state index contributed by atoms with van der Waals surface area (Å²) in [6, 6.07) is 7.23. The Bertz CT molecular complexity index is 2340. The van der Waals surface area contributed by atoms with Gasteiger partial charge in [0.25, 0.3) is 0 Å². The van der Waals surface area contributed by atoms with Gasteiger partial charge in [0.1, 0.15) is 23.7 Å². The molecule has 7 N–H and O–H groups in total. The van der Waals surface area contributed by atoms with E-state index in [0.29, 0.717) is 37.1 Å². The van der Waals surface area contributed by atoms with Crippen LogP contribution in [0.2, 0.25) is 0 Å². The number of unbranched alkanes of at least 4 members (excludes halogenated alkanes) is 2. The summed E-state index contributed by atoms with van der Waals surface area (Å²) >= 11 is 0. The molecule has 2 bridgehead atoms. The van der Waals surface area contributed by atoms with Crippen molar-refractivity contribution in [3.05, 3.63) is 87.8 Å². The number of ketones is 1. The number of allylic oxidation sites excluding steroid dienone is 2. The van der Waals surface area contributed by atoms with E-state index in [9.17, 15) is 25.2 Å². The Morgan fingerprint density at radius 3 is 2.73 bits per heavy atom. The van der Waals surface area contributed by atoms with Crippen LogP contribution in [0.25, 0.3) is 0 Å². The number of aliphatic hydroxyl groups is 3. The van der Waals surface area contributed by atoms with Gasteiger partial charge in [-0.2, -0.15) is 0 Å². The maximum atomic E-state index is 14.1. The SMILES string of the molecule is CCCCCC(C(=O)CCc1cc2c(cc1O)OC#CC1(CCCC1)C1C#CC(O)c3ccc4c(c3CC3=CN=C5CN(C=C35)C1O2)CCNC4N)C(O)C1C=CC(C)CC1O. The fourth-order valence-electron chi connectivity index (χ4n) is 11.0. The molecule has 1 spiro atoms. The summed E-state index contributed by atoms with van der Waals surface area (Å²) in [7, 11) is 0. The van der Waals surface area contributed by atoms with Crippen molar-refractivity contribution in [3.8, 4) is 41.1 Å². The minimum absolute atomic E-state index is 0.0443. The number of aliphatic hydroxyl groups excluding tert-OH is 3. The van der Waals surface area contributed by atoms with Gasteiger partial charge in [-0.05, 0) is 83.9 Å². The first-order valence-corrected chi connectivity index (χ1v) is 22.9. The zero-order valence-electron chi connectivity index (χ0n) is 35.9.